The van der Waals surface area contributed by atoms with E-state index in [0.717, 1.165) is 25.1 Å². The fourth-order valence-corrected chi connectivity index (χ4v) is 2.67. The van der Waals surface area contributed by atoms with Gasteiger partial charge < -0.3 is 9.32 Å². The van der Waals surface area contributed by atoms with Crippen molar-refractivity contribution in [1.29, 1.82) is 0 Å². The van der Waals surface area contributed by atoms with Gasteiger partial charge in [0.15, 0.2) is 0 Å². The van der Waals surface area contributed by atoms with Crippen molar-refractivity contribution in [1.82, 2.24) is 25.1 Å². The summed E-state index contributed by atoms with van der Waals surface area (Å²) in [5.74, 6) is 1.45. The number of carbonyl (C=O) groups is 1. The molecule has 0 saturated carbocycles. The maximum atomic E-state index is 12.4. The van der Waals surface area contributed by atoms with Crippen LogP contribution in [0.25, 0.3) is 0 Å². The standard InChI is InChI=1S/C13H17N5O2/c1-10-4-5-18(11(7-10)12-3-2-6-20-12)13(19)8-17-9-14-15-16-17/h2-3,6,9-11H,4-5,7-8H2,1H3. The molecule has 7 nitrogen and oxygen atoms in total. The summed E-state index contributed by atoms with van der Waals surface area (Å²) in [6.07, 6.45) is 5.04. The Bertz CT molecular complexity index is 551. The number of rotatable bonds is 3. The number of piperidine rings is 1. The van der Waals surface area contributed by atoms with Gasteiger partial charge in [0.2, 0.25) is 5.91 Å². The lowest BCUT2D eigenvalue weighted by atomic mass is 9.91. The van der Waals surface area contributed by atoms with E-state index in [9.17, 15) is 4.79 Å². The highest BCUT2D eigenvalue weighted by Gasteiger charge is 2.32. The molecular formula is C13H17N5O2. The van der Waals surface area contributed by atoms with Crippen LogP contribution in [-0.2, 0) is 11.3 Å². The smallest absolute Gasteiger partial charge is 0.245 e. The van der Waals surface area contributed by atoms with Crippen molar-refractivity contribution in [2.75, 3.05) is 6.54 Å². The number of tetrazole rings is 1. The van der Waals surface area contributed by atoms with Crippen molar-refractivity contribution in [3.05, 3.63) is 30.5 Å². The first-order valence-corrected chi connectivity index (χ1v) is 6.77. The Morgan fingerprint density at radius 3 is 3.15 bits per heavy atom. The van der Waals surface area contributed by atoms with Crippen LogP contribution in [0.5, 0.6) is 0 Å². The first kappa shape index (κ1) is 12.8. The summed E-state index contributed by atoms with van der Waals surface area (Å²) in [5, 5.41) is 10.8. The normalized spacial score (nSPS) is 22.9. The van der Waals surface area contributed by atoms with E-state index in [4.69, 9.17) is 4.42 Å². The third-order valence-electron chi connectivity index (χ3n) is 3.75. The number of furan rings is 1. The van der Waals surface area contributed by atoms with Crippen LogP contribution in [0.3, 0.4) is 0 Å². The molecule has 20 heavy (non-hydrogen) atoms. The Morgan fingerprint density at radius 2 is 2.45 bits per heavy atom. The average Bonchev–Trinajstić information content (AvgIpc) is 3.11. The molecule has 3 rings (SSSR count). The van der Waals surface area contributed by atoms with Gasteiger partial charge in [0.25, 0.3) is 0 Å². The molecule has 1 aliphatic rings. The minimum absolute atomic E-state index is 0.0118. The largest absolute Gasteiger partial charge is 0.467 e. The van der Waals surface area contributed by atoms with Crippen LogP contribution >= 0.6 is 0 Å². The van der Waals surface area contributed by atoms with E-state index < -0.39 is 0 Å². The van der Waals surface area contributed by atoms with Gasteiger partial charge in [-0.2, -0.15) is 0 Å². The third kappa shape index (κ3) is 2.56. The maximum Gasteiger partial charge on any atom is 0.245 e. The fraction of sp³-hybridized carbons (Fsp3) is 0.538. The van der Waals surface area contributed by atoms with Gasteiger partial charge in [0, 0.05) is 6.54 Å². The van der Waals surface area contributed by atoms with Crippen LogP contribution in [0.4, 0.5) is 0 Å². The second-order valence-electron chi connectivity index (χ2n) is 5.26. The molecular weight excluding hydrogens is 258 g/mol. The summed E-state index contributed by atoms with van der Waals surface area (Å²) in [5.41, 5.74) is 0. The SMILES string of the molecule is CC1CCN(C(=O)Cn2cnnn2)C(c2ccco2)C1. The number of carbonyl (C=O) groups excluding carboxylic acids is 1. The van der Waals surface area contributed by atoms with Crippen LogP contribution in [0, 0.1) is 5.92 Å². The Balaban J connectivity index is 1.77. The van der Waals surface area contributed by atoms with Crippen LogP contribution in [-0.4, -0.2) is 37.6 Å². The summed E-state index contributed by atoms with van der Waals surface area (Å²) in [7, 11) is 0. The molecule has 2 aromatic heterocycles. The second kappa shape index (κ2) is 5.44. The highest BCUT2D eigenvalue weighted by atomic mass is 16.3. The molecule has 0 radical (unpaired) electrons. The average molecular weight is 275 g/mol. The van der Waals surface area contributed by atoms with E-state index in [1.165, 1.54) is 11.0 Å². The summed E-state index contributed by atoms with van der Waals surface area (Å²) < 4.78 is 6.94. The monoisotopic (exact) mass is 275 g/mol. The molecule has 1 amide bonds. The predicted octanol–water partition coefficient (Wildman–Crippen LogP) is 1.27. The van der Waals surface area contributed by atoms with Crippen LogP contribution in [0.2, 0.25) is 0 Å². The van der Waals surface area contributed by atoms with Crippen LogP contribution < -0.4 is 0 Å². The Labute approximate surface area is 116 Å². The quantitative estimate of drug-likeness (QED) is 0.843. The molecule has 7 heteroatoms. The zero-order valence-electron chi connectivity index (χ0n) is 11.3. The van der Waals surface area contributed by atoms with Crippen molar-refractivity contribution in [3.63, 3.8) is 0 Å². The van der Waals surface area contributed by atoms with Crippen molar-refractivity contribution >= 4 is 5.91 Å². The van der Waals surface area contributed by atoms with Gasteiger partial charge in [-0.3, -0.25) is 4.79 Å². The lowest BCUT2D eigenvalue weighted by Crippen LogP contribution is -2.42. The Hall–Kier alpha value is -2.18. The number of hydrogen-bond donors (Lipinski definition) is 0. The first-order valence-electron chi connectivity index (χ1n) is 6.77. The van der Waals surface area contributed by atoms with Gasteiger partial charge in [-0.05, 0) is 41.3 Å². The zero-order valence-corrected chi connectivity index (χ0v) is 11.3. The molecule has 2 atom stereocenters. The van der Waals surface area contributed by atoms with E-state index in [2.05, 4.69) is 22.4 Å². The summed E-state index contributed by atoms with van der Waals surface area (Å²) in [6.45, 7) is 3.12. The molecule has 0 aliphatic carbocycles. The van der Waals surface area contributed by atoms with Gasteiger partial charge in [-0.25, -0.2) is 4.68 Å². The molecule has 3 heterocycles. The minimum atomic E-state index is 0.0118. The van der Waals surface area contributed by atoms with Gasteiger partial charge in [0.1, 0.15) is 18.6 Å². The lowest BCUT2D eigenvalue weighted by Gasteiger charge is -2.37. The number of hydrogen-bond acceptors (Lipinski definition) is 5. The van der Waals surface area contributed by atoms with E-state index >= 15 is 0 Å². The molecule has 1 saturated heterocycles. The second-order valence-corrected chi connectivity index (χ2v) is 5.26. The fourth-order valence-electron chi connectivity index (χ4n) is 2.67. The lowest BCUT2D eigenvalue weighted by molar-refractivity contribution is -0.137. The first-order chi connectivity index (χ1) is 9.74. The number of aromatic nitrogens is 4. The maximum absolute atomic E-state index is 12.4. The highest BCUT2D eigenvalue weighted by Crippen LogP contribution is 2.34. The molecule has 0 N–H and O–H groups in total. The molecule has 0 spiro atoms. The zero-order chi connectivity index (χ0) is 13.9. The highest BCUT2D eigenvalue weighted by molar-refractivity contribution is 5.76. The van der Waals surface area contributed by atoms with Gasteiger partial charge >= 0.3 is 0 Å². The van der Waals surface area contributed by atoms with Crippen molar-refractivity contribution < 1.29 is 9.21 Å². The van der Waals surface area contributed by atoms with Crippen molar-refractivity contribution in [2.24, 2.45) is 5.92 Å². The molecule has 106 valence electrons. The topological polar surface area (TPSA) is 77.1 Å². The van der Waals surface area contributed by atoms with E-state index in [1.807, 2.05) is 17.0 Å². The van der Waals surface area contributed by atoms with E-state index in [1.54, 1.807) is 6.26 Å². The molecule has 2 aromatic rings. The number of likely N-dealkylation sites (tertiary alicyclic amines) is 1. The van der Waals surface area contributed by atoms with Crippen molar-refractivity contribution in [2.45, 2.75) is 32.4 Å². The summed E-state index contributed by atoms with van der Waals surface area (Å²) in [4.78, 5) is 14.3. The van der Waals surface area contributed by atoms with E-state index in [0.29, 0.717) is 5.92 Å². The number of nitrogens with zero attached hydrogens (tertiary/aromatic N) is 5. The molecule has 1 aliphatic heterocycles. The Kier molecular flexibility index (Phi) is 3.49. The van der Waals surface area contributed by atoms with Crippen LogP contribution in [0.1, 0.15) is 31.6 Å². The molecule has 0 bridgehead atoms. The van der Waals surface area contributed by atoms with Crippen LogP contribution in [0.15, 0.2) is 29.1 Å². The molecule has 2 unspecified atom stereocenters. The van der Waals surface area contributed by atoms with Gasteiger partial charge in [-0.1, -0.05) is 6.92 Å². The summed E-state index contributed by atoms with van der Waals surface area (Å²) in [6, 6.07) is 3.80. The molecule has 1 fully saturated rings. The van der Waals surface area contributed by atoms with Gasteiger partial charge in [-0.15, -0.1) is 5.10 Å². The van der Waals surface area contributed by atoms with E-state index in [-0.39, 0.29) is 18.5 Å². The number of amides is 1. The molecule has 0 aromatic carbocycles. The minimum Gasteiger partial charge on any atom is -0.467 e. The Morgan fingerprint density at radius 1 is 1.55 bits per heavy atom. The summed E-state index contributed by atoms with van der Waals surface area (Å²) >= 11 is 0. The third-order valence-corrected chi connectivity index (χ3v) is 3.75. The predicted molar refractivity (Wildman–Crippen MR) is 69.4 cm³/mol. The van der Waals surface area contributed by atoms with Gasteiger partial charge in [0.05, 0.1) is 12.3 Å². The van der Waals surface area contributed by atoms with Crippen molar-refractivity contribution in [3.8, 4) is 0 Å².